The number of carbonyl (C=O) groups excluding carboxylic acids is 2. The van der Waals surface area contributed by atoms with Crippen LogP contribution in [0.15, 0.2) is 48.5 Å². The zero-order valence-electron chi connectivity index (χ0n) is 14.7. The Morgan fingerprint density at radius 2 is 1.08 bits per heavy atom. The second-order valence-corrected chi connectivity index (χ2v) is 6.80. The maximum atomic E-state index is 11.8. The van der Waals surface area contributed by atoms with Crippen molar-refractivity contribution in [1.82, 2.24) is 9.80 Å². The molecule has 0 aromatic heterocycles. The average Bonchev–Trinajstić information content (AvgIpc) is 3.54. The lowest BCUT2D eigenvalue weighted by molar-refractivity contribution is 0.241. The zero-order chi connectivity index (χ0) is 18.1. The number of amides is 4. The number of urea groups is 2. The van der Waals surface area contributed by atoms with Gasteiger partial charge in [-0.3, -0.25) is 0 Å². The minimum absolute atomic E-state index is 0.0361. The molecular weight excluding hydrogens is 328 g/mol. The monoisotopic (exact) mass is 350 g/mol. The molecule has 2 aromatic carbocycles. The van der Waals surface area contributed by atoms with Crippen LogP contribution in [0.1, 0.15) is 24.0 Å². The molecule has 0 saturated carbocycles. The Bertz CT molecular complexity index is 739. The van der Waals surface area contributed by atoms with Crippen molar-refractivity contribution in [2.45, 2.75) is 12.8 Å². The number of anilines is 2. The van der Waals surface area contributed by atoms with Gasteiger partial charge in [-0.15, -0.1) is 0 Å². The third kappa shape index (κ3) is 3.79. The van der Waals surface area contributed by atoms with Crippen LogP contribution in [0.25, 0.3) is 0 Å². The van der Waals surface area contributed by atoms with Crippen molar-refractivity contribution in [3.63, 3.8) is 0 Å². The minimum atomic E-state index is -0.0361. The Hall–Kier alpha value is -3.02. The SMILES string of the molecule is CC(c1ccc(NC(=O)N2CC2)cc1)c1ccc(NC(=O)N2CC2)cc1. The predicted molar refractivity (Wildman–Crippen MR) is 102 cm³/mol. The molecule has 2 aliphatic heterocycles. The maximum Gasteiger partial charge on any atom is 0.321 e. The van der Waals surface area contributed by atoms with Gasteiger partial charge in [-0.1, -0.05) is 31.2 Å². The first-order valence-corrected chi connectivity index (χ1v) is 8.92. The zero-order valence-corrected chi connectivity index (χ0v) is 14.7. The molecule has 0 atom stereocenters. The fraction of sp³-hybridized carbons (Fsp3) is 0.300. The third-order valence-electron chi connectivity index (χ3n) is 4.79. The summed E-state index contributed by atoms with van der Waals surface area (Å²) in [6.45, 7) is 5.52. The van der Waals surface area contributed by atoms with Crippen LogP contribution in [0.5, 0.6) is 0 Å². The summed E-state index contributed by atoms with van der Waals surface area (Å²) in [4.78, 5) is 27.0. The van der Waals surface area contributed by atoms with Crippen molar-refractivity contribution in [2.24, 2.45) is 0 Å². The van der Waals surface area contributed by atoms with Crippen molar-refractivity contribution in [1.29, 1.82) is 0 Å². The van der Waals surface area contributed by atoms with Gasteiger partial charge in [0.1, 0.15) is 0 Å². The van der Waals surface area contributed by atoms with Crippen molar-refractivity contribution >= 4 is 23.4 Å². The van der Waals surface area contributed by atoms with Crippen LogP contribution in [-0.2, 0) is 0 Å². The molecule has 6 nitrogen and oxygen atoms in total. The van der Waals surface area contributed by atoms with Crippen LogP contribution >= 0.6 is 0 Å². The molecule has 2 heterocycles. The quantitative estimate of drug-likeness (QED) is 0.829. The van der Waals surface area contributed by atoms with E-state index in [-0.39, 0.29) is 18.0 Å². The maximum absolute atomic E-state index is 11.8. The van der Waals surface area contributed by atoms with Gasteiger partial charge in [0.25, 0.3) is 0 Å². The Labute approximate surface area is 152 Å². The molecule has 2 fully saturated rings. The Morgan fingerprint density at radius 3 is 1.38 bits per heavy atom. The van der Waals surface area contributed by atoms with E-state index in [4.69, 9.17) is 0 Å². The topological polar surface area (TPSA) is 64.2 Å². The molecule has 4 amide bonds. The summed E-state index contributed by atoms with van der Waals surface area (Å²) in [6.07, 6.45) is 0. The molecule has 2 N–H and O–H groups in total. The molecule has 134 valence electrons. The number of benzene rings is 2. The summed E-state index contributed by atoms with van der Waals surface area (Å²) in [7, 11) is 0. The van der Waals surface area contributed by atoms with Gasteiger partial charge in [-0.25, -0.2) is 9.59 Å². The molecular formula is C20H22N4O2. The number of hydrogen-bond donors (Lipinski definition) is 2. The van der Waals surface area contributed by atoms with Gasteiger partial charge in [0, 0.05) is 43.5 Å². The van der Waals surface area contributed by atoms with Gasteiger partial charge in [0.2, 0.25) is 0 Å². The van der Waals surface area contributed by atoms with Gasteiger partial charge in [-0.05, 0) is 35.4 Å². The minimum Gasteiger partial charge on any atom is -0.321 e. The van der Waals surface area contributed by atoms with E-state index in [1.54, 1.807) is 9.80 Å². The van der Waals surface area contributed by atoms with Crippen LogP contribution in [0.4, 0.5) is 21.0 Å². The summed E-state index contributed by atoms with van der Waals surface area (Å²) in [5.74, 6) is 0.226. The highest BCUT2D eigenvalue weighted by Gasteiger charge is 2.24. The smallest absolute Gasteiger partial charge is 0.321 e. The first-order valence-electron chi connectivity index (χ1n) is 8.92. The molecule has 0 unspecified atom stereocenters. The normalized spacial score (nSPS) is 15.0. The van der Waals surface area contributed by atoms with Crippen molar-refractivity contribution < 1.29 is 9.59 Å². The van der Waals surface area contributed by atoms with Gasteiger partial charge in [0.05, 0.1) is 0 Å². The van der Waals surface area contributed by atoms with Gasteiger partial charge in [-0.2, -0.15) is 0 Å². The number of nitrogens with zero attached hydrogens (tertiary/aromatic N) is 2. The molecule has 26 heavy (non-hydrogen) atoms. The Kier molecular flexibility index (Phi) is 4.24. The van der Waals surface area contributed by atoms with E-state index in [1.807, 2.05) is 48.5 Å². The second-order valence-electron chi connectivity index (χ2n) is 6.80. The molecule has 2 aliphatic rings. The Morgan fingerprint density at radius 1 is 0.731 bits per heavy atom. The molecule has 2 aromatic rings. The molecule has 0 bridgehead atoms. The molecule has 0 spiro atoms. The highest BCUT2D eigenvalue weighted by atomic mass is 16.2. The lowest BCUT2D eigenvalue weighted by Crippen LogP contribution is -2.18. The van der Waals surface area contributed by atoms with E-state index in [9.17, 15) is 9.59 Å². The van der Waals surface area contributed by atoms with Crippen LogP contribution in [0.2, 0.25) is 0 Å². The summed E-state index contributed by atoms with van der Waals surface area (Å²) in [5.41, 5.74) is 3.98. The molecule has 4 rings (SSSR count). The summed E-state index contributed by atoms with van der Waals surface area (Å²) < 4.78 is 0. The predicted octanol–water partition coefficient (Wildman–Crippen LogP) is 3.53. The van der Waals surface area contributed by atoms with Gasteiger partial charge >= 0.3 is 12.1 Å². The molecule has 6 heteroatoms. The highest BCUT2D eigenvalue weighted by molar-refractivity contribution is 5.91. The first-order chi connectivity index (χ1) is 12.6. The third-order valence-corrected chi connectivity index (χ3v) is 4.79. The van der Waals surface area contributed by atoms with E-state index in [2.05, 4.69) is 17.6 Å². The van der Waals surface area contributed by atoms with Crippen molar-refractivity contribution in [2.75, 3.05) is 36.8 Å². The largest absolute Gasteiger partial charge is 0.321 e. The molecule has 2 saturated heterocycles. The number of rotatable bonds is 4. The fourth-order valence-electron chi connectivity index (χ4n) is 2.81. The van der Waals surface area contributed by atoms with Crippen molar-refractivity contribution in [3.8, 4) is 0 Å². The van der Waals surface area contributed by atoms with Crippen LogP contribution in [0.3, 0.4) is 0 Å². The van der Waals surface area contributed by atoms with Gasteiger partial charge in [0.15, 0.2) is 0 Å². The highest BCUT2D eigenvalue weighted by Crippen LogP contribution is 2.26. The fourth-order valence-corrected chi connectivity index (χ4v) is 2.81. The van der Waals surface area contributed by atoms with Crippen LogP contribution < -0.4 is 10.6 Å². The summed E-state index contributed by atoms with van der Waals surface area (Å²) >= 11 is 0. The van der Waals surface area contributed by atoms with E-state index < -0.39 is 0 Å². The number of hydrogen-bond acceptors (Lipinski definition) is 2. The number of carbonyl (C=O) groups is 2. The summed E-state index contributed by atoms with van der Waals surface area (Å²) in [5, 5.41) is 5.78. The molecule has 0 aliphatic carbocycles. The Balaban J connectivity index is 1.38. The molecule has 0 radical (unpaired) electrons. The first kappa shape index (κ1) is 16.4. The van der Waals surface area contributed by atoms with Crippen molar-refractivity contribution in [3.05, 3.63) is 59.7 Å². The van der Waals surface area contributed by atoms with E-state index >= 15 is 0 Å². The van der Waals surface area contributed by atoms with E-state index in [0.29, 0.717) is 0 Å². The summed E-state index contributed by atoms with van der Waals surface area (Å²) in [6, 6.07) is 15.8. The lowest BCUT2D eigenvalue weighted by Gasteiger charge is -2.14. The lowest BCUT2D eigenvalue weighted by atomic mass is 9.93. The number of nitrogens with one attached hydrogen (secondary N) is 2. The van der Waals surface area contributed by atoms with Gasteiger partial charge < -0.3 is 20.4 Å². The van der Waals surface area contributed by atoms with Crippen LogP contribution in [0, 0.1) is 0 Å². The average molecular weight is 350 g/mol. The van der Waals surface area contributed by atoms with E-state index in [1.165, 1.54) is 11.1 Å². The second kappa shape index (κ2) is 6.71. The van der Waals surface area contributed by atoms with Crippen LogP contribution in [-0.4, -0.2) is 48.0 Å². The standard InChI is InChI=1S/C20H22N4O2/c1-14(15-2-6-17(7-3-15)21-19(25)23-10-11-23)16-4-8-18(9-5-16)22-20(26)24-12-13-24/h2-9,14H,10-13H2,1H3,(H,21,25)(H,22,26). The van der Waals surface area contributed by atoms with E-state index in [0.717, 1.165) is 37.6 Å².